The van der Waals surface area contributed by atoms with E-state index in [1.807, 2.05) is 11.8 Å². The Balaban J connectivity index is 2.48. The fourth-order valence-electron chi connectivity index (χ4n) is 1.38. The van der Waals surface area contributed by atoms with Gasteiger partial charge in [0.05, 0.1) is 0 Å². The summed E-state index contributed by atoms with van der Waals surface area (Å²) in [7, 11) is 0. The van der Waals surface area contributed by atoms with Gasteiger partial charge in [-0.25, -0.2) is 0 Å². The van der Waals surface area contributed by atoms with Gasteiger partial charge in [0.2, 0.25) is 5.91 Å². The third kappa shape index (κ3) is 2.12. The number of amides is 1. The zero-order valence-corrected chi connectivity index (χ0v) is 8.03. The van der Waals surface area contributed by atoms with E-state index < -0.39 is 0 Å². The molecule has 64 valence electrons. The van der Waals surface area contributed by atoms with Crippen LogP contribution in [0.5, 0.6) is 0 Å². The summed E-state index contributed by atoms with van der Waals surface area (Å²) in [4.78, 5) is 13.1. The van der Waals surface area contributed by atoms with Crippen molar-refractivity contribution in [2.24, 2.45) is 0 Å². The topological polar surface area (TPSA) is 20.3 Å². The summed E-state index contributed by atoms with van der Waals surface area (Å²) in [5.74, 6) is 0.253. The smallest absolute Gasteiger partial charge is 0.222 e. The van der Waals surface area contributed by atoms with Crippen LogP contribution in [0.2, 0.25) is 0 Å². The minimum absolute atomic E-state index is 0.0465. The fraction of sp³-hybridized carbons (Fsp3) is 0.875. The van der Waals surface area contributed by atoms with E-state index in [1.165, 1.54) is 0 Å². The molecule has 1 heterocycles. The first kappa shape index (κ1) is 8.91. The lowest BCUT2D eigenvalue weighted by Gasteiger charge is -2.18. The molecule has 0 aliphatic carbocycles. The van der Waals surface area contributed by atoms with Gasteiger partial charge in [0.1, 0.15) is 0 Å². The monoisotopic (exact) mass is 173 g/mol. The number of carbonyl (C=O) groups is 1. The van der Waals surface area contributed by atoms with E-state index in [1.54, 1.807) is 0 Å². The number of carbonyl (C=O) groups excluding carboxylic acids is 1. The van der Waals surface area contributed by atoms with Crippen molar-refractivity contribution in [2.75, 3.05) is 13.1 Å². The van der Waals surface area contributed by atoms with Gasteiger partial charge in [-0.2, -0.15) is 12.6 Å². The molecular weight excluding hydrogens is 158 g/mol. The van der Waals surface area contributed by atoms with Crippen molar-refractivity contribution in [2.45, 2.75) is 31.4 Å². The molecule has 2 nitrogen and oxygen atoms in total. The van der Waals surface area contributed by atoms with E-state index in [4.69, 9.17) is 0 Å². The summed E-state index contributed by atoms with van der Waals surface area (Å²) in [6.07, 6.45) is 1.63. The molecule has 1 atom stereocenters. The van der Waals surface area contributed by atoms with Crippen LogP contribution < -0.4 is 0 Å². The lowest BCUT2D eigenvalue weighted by molar-refractivity contribution is -0.129. The Kier molecular flexibility index (Phi) is 2.47. The number of hydrogen-bond acceptors (Lipinski definition) is 2. The van der Waals surface area contributed by atoms with Gasteiger partial charge >= 0.3 is 0 Å². The summed E-state index contributed by atoms with van der Waals surface area (Å²) in [5, 5.41) is 0. The maximum Gasteiger partial charge on any atom is 0.222 e. The zero-order chi connectivity index (χ0) is 8.48. The Morgan fingerprint density at radius 3 is 2.73 bits per heavy atom. The van der Waals surface area contributed by atoms with Gasteiger partial charge in [0.25, 0.3) is 0 Å². The van der Waals surface area contributed by atoms with E-state index in [-0.39, 0.29) is 10.7 Å². The van der Waals surface area contributed by atoms with Crippen molar-refractivity contribution in [1.29, 1.82) is 0 Å². The molecule has 0 aromatic carbocycles. The molecule has 0 radical (unpaired) electrons. The van der Waals surface area contributed by atoms with Gasteiger partial charge in [-0.3, -0.25) is 4.79 Å². The Morgan fingerprint density at radius 1 is 1.73 bits per heavy atom. The predicted molar refractivity (Wildman–Crippen MR) is 48.9 cm³/mol. The first-order valence-electron chi connectivity index (χ1n) is 4.05. The minimum Gasteiger partial charge on any atom is -0.341 e. The lowest BCUT2D eigenvalue weighted by atomic mass is 10.1. The van der Waals surface area contributed by atoms with Crippen LogP contribution in [0.15, 0.2) is 0 Å². The number of rotatable bonds is 1. The number of hydrogen-bond donors (Lipinski definition) is 1. The molecule has 0 saturated carbocycles. The van der Waals surface area contributed by atoms with Gasteiger partial charge in [-0.1, -0.05) is 6.92 Å². The SMILES string of the molecule is CCC(=O)N1CCC(C)(S)C1. The Hall–Kier alpha value is -0.180. The van der Waals surface area contributed by atoms with Gasteiger partial charge < -0.3 is 4.90 Å². The molecule has 1 aliphatic rings. The van der Waals surface area contributed by atoms with Crippen molar-refractivity contribution < 1.29 is 4.79 Å². The fourth-order valence-corrected chi connectivity index (χ4v) is 1.65. The summed E-state index contributed by atoms with van der Waals surface area (Å²) in [6, 6.07) is 0. The van der Waals surface area contributed by atoms with Crippen LogP contribution >= 0.6 is 12.6 Å². The largest absolute Gasteiger partial charge is 0.341 e. The molecule has 3 heteroatoms. The van der Waals surface area contributed by atoms with E-state index in [9.17, 15) is 4.79 Å². The standard InChI is InChI=1S/C8H15NOS/c1-3-7(10)9-5-4-8(2,11)6-9/h11H,3-6H2,1-2H3. The summed E-state index contributed by atoms with van der Waals surface area (Å²) >= 11 is 4.45. The van der Waals surface area contributed by atoms with Gasteiger partial charge in [0.15, 0.2) is 0 Å². The predicted octanol–water partition coefficient (Wildman–Crippen LogP) is 1.32. The van der Waals surface area contributed by atoms with Crippen LogP contribution in [0.25, 0.3) is 0 Å². The summed E-state index contributed by atoms with van der Waals surface area (Å²) < 4.78 is 0.0465. The first-order chi connectivity index (χ1) is 5.05. The minimum atomic E-state index is 0.0465. The number of nitrogens with zero attached hydrogens (tertiary/aromatic N) is 1. The summed E-state index contributed by atoms with van der Waals surface area (Å²) in [5.41, 5.74) is 0. The van der Waals surface area contributed by atoms with Crippen LogP contribution in [0.3, 0.4) is 0 Å². The average Bonchev–Trinajstić information content (AvgIpc) is 2.29. The van der Waals surface area contributed by atoms with E-state index in [2.05, 4.69) is 19.6 Å². The second kappa shape index (κ2) is 3.05. The van der Waals surface area contributed by atoms with Crippen molar-refractivity contribution in [1.82, 2.24) is 4.90 Å². The van der Waals surface area contributed by atoms with E-state index in [0.29, 0.717) is 6.42 Å². The molecule has 1 rings (SSSR count). The third-order valence-corrected chi connectivity index (χ3v) is 2.47. The molecule has 1 amide bonds. The molecule has 0 aromatic heterocycles. The van der Waals surface area contributed by atoms with Crippen LogP contribution in [-0.4, -0.2) is 28.6 Å². The summed E-state index contributed by atoms with van der Waals surface area (Å²) in [6.45, 7) is 5.67. The van der Waals surface area contributed by atoms with Gasteiger partial charge in [0, 0.05) is 24.3 Å². The normalized spacial score (nSPS) is 31.0. The quantitative estimate of drug-likeness (QED) is 0.593. The first-order valence-corrected chi connectivity index (χ1v) is 4.50. The molecule has 1 fully saturated rings. The highest BCUT2D eigenvalue weighted by Gasteiger charge is 2.31. The lowest BCUT2D eigenvalue weighted by Crippen LogP contribution is -2.30. The Bertz CT molecular complexity index is 167. The molecule has 1 unspecified atom stereocenters. The molecule has 1 saturated heterocycles. The zero-order valence-electron chi connectivity index (χ0n) is 7.13. The molecule has 1 aliphatic heterocycles. The Labute approximate surface area is 73.4 Å². The van der Waals surface area contributed by atoms with Crippen molar-refractivity contribution in [3.8, 4) is 0 Å². The van der Waals surface area contributed by atoms with Gasteiger partial charge in [-0.15, -0.1) is 0 Å². The maximum atomic E-state index is 11.2. The average molecular weight is 173 g/mol. The van der Waals surface area contributed by atoms with Crippen LogP contribution in [0, 0.1) is 0 Å². The molecule has 0 spiro atoms. The second-order valence-electron chi connectivity index (χ2n) is 3.42. The van der Waals surface area contributed by atoms with Crippen LogP contribution in [0.4, 0.5) is 0 Å². The van der Waals surface area contributed by atoms with Gasteiger partial charge in [-0.05, 0) is 13.3 Å². The molecular formula is C8H15NOS. The van der Waals surface area contributed by atoms with E-state index in [0.717, 1.165) is 19.5 Å². The van der Waals surface area contributed by atoms with Crippen LogP contribution in [0.1, 0.15) is 26.7 Å². The highest BCUT2D eigenvalue weighted by molar-refractivity contribution is 7.81. The second-order valence-corrected chi connectivity index (χ2v) is 4.50. The highest BCUT2D eigenvalue weighted by atomic mass is 32.1. The Morgan fingerprint density at radius 2 is 2.36 bits per heavy atom. The van der Waals surface area contributed by atoms with Crippen molar-refractivity contribution in [3.05, 3.63) is 0 Å². The van der Waals surface area contributed by atoms with Crippen molar-refractivity contribution >= 4 is 18.5 Å². The van der Waals surface area contributed by atoms with E-state index >= 15 is 0 Å². The highest BCUT2D eigenvalue weighted by Crippen LogP contribution is 2.26. The maximum absolute atomic E-state index is 11.2. The van der Waals surface area contributed by atoms with Crippen LogP contribution in [-0.2, 0) is 4.79 Å². The van der Waals surface area contributed by atoms with Crippen molar-refractivity contribution in [3.63, 3.8) is 0 Å². The number of likely N-dealkylation sites (tertiary alicyclic amines) is 1. The third-order valence-electron chi connectivity index (χ3n) is 2.11. The number of thiol groups is 1. The molecule has 0 aromatic rings. The molecule has 11 heavy (non-hydrogen) atoms. The molecule has 0 N–H and O–H groups in total. The molecule has 0 bridgehead atoms.